The van der Waals surface area contributed by atoms with E-state index in [-0.39, 0.29) is 18.3 Å². The first kappa shape index (κ1) is 27.5. The Morgan fingerprint density at radius 1 is 1.16 bits per heavy atom. The molecule has 0 bridgehead atoms. The Labute approximate surface area is 230 Å². The van der Waals surface area contributed by atoms with Gasteiger partial charge in [-0.15, -0.1) is 12.4 Å². The molecule has 0 unspecified atom stereocenters. The number of aryl methyl sites for hydroxylation is 1. The Kier molecular flexibility index (Phi) is 8.83. The van der Waals surface area contributed by atoms with Gasteiger partial charge in [-0.3, -0.25) is 14.4 Å². The molecule has 1 N–H and O–H groups in total. The fraction of sp³-hybridized carbons (Fsp3) is 0.448. The van der Waals surface area contributed by atoms with Crippen molar-refractivity contribution in [1.82, 2.24) is 14.7 Å². The number of fused-ring (bicyclic) bond motifs is 1. The minimum absolute atomic E-state index is 0. The molecule has 0 atom stereocenters. The van der Waals surface area contributed by atoms with Crippen LogP contribution in [0.4, 0.5) is 5.82 Å². The van der Waals surface area contributed by atoms with Crippen LogP contribution in [0.2, 0.25) is 5.02 Å². The average molecular weight is 544 g/mol. The fourth-order valence-corrected chi connectivity index (χ4v) is 5.12. The number of anilines is 1. The molecule has 1 aliphatic heterocycles. The quantitative estimate of drug-likeness (QED) is 0.352. The molecule has 2 heterocycles. The van der Waals surface area contributed by atoms with E-state index in [9.17, 15) is 4.79 Å². The van der Waals surface area contributed by atoms with Gasteiger partial charge in [0.25, 0.3) is 5.91 Å². The second-order valence-corrected chi connectivity index (χ2v) is 11.0. The maximum atomic E-state index is 13.0. The van der Waals surface area contributed by atoms with Gasteiger partial charge in [0, 0.05) is 47.0 Å². The molecule has 1 fully saturated rings. The van der Waals surface area contributed by atoms with Gasteiger partial charge in [0.05, 0.1) is 13.2 Å². The SMILES string of the molecule is Cc1cc(NC(=O)c2ccc3c(c2)CCN(C2CCC2)C3)nn1Cc1cc(Cl)ccc1OCC(C)C.Cl. The molecule has 0 radical (unpaired) electrons. The molecular formula is C29H36Cl2N4O2. The van der Waals surface area contributed by atoms with E-state index in [4.69, 9.17) is 16.3 Å². The van der Waals surface area contributed by atoms with Gasteiger partial charge in [0.15, 0.2) is 5.82 Å². The number of carbonyl (C=O) groups is 1. The third-order valence-electron chi connectivity index (χ3n) is 7.24. The van der Waals surface area contributed by atoms with Crippen molar-refractivity contribution in [2.45, 2.75) is 65.6 Å². The maximum absolute atomic E-state index is 13.0. The summed E-state index contributed by atoms with van der Waals surface area (Å²) in [7, 11) is 0. The Hall–Kier alpha value is -2.54. The number of aromatic nitrogens is 2. The highest BCUT2D eigenvalue weighted by atomic mass is 35.5. The van der Waals surface area contributed by atoms with Crippen molar-refractivity contribution in [2.24, 2.45) is 5.92 Å². The number of hydrogen-bond donors (Lipinski definition) is 1. The van der Waals surface area contributed by atoms with Gasteiger partial charge in [-0.25, -0.2) is 0 Å². The van der Waals surface area contributed by atoms with Gasteiger partial charge in [-0.05, 0) is 73.6 Å². The van der Waals surface area contributed by atoms with Crippen molar-refractivity contribution in [3.05, 3.63) is 75.4 Å². The fourth-order valence-electron chi connectivity index (χ4n) is 4.93. The molecule has 0 saturated heterocycles. The van der Waals surface area contributed by atoms with Crippen molar-refractivity contribution in [3.63, 3.8) is 0 Å². The van der Waals surface area contributed by atoms with E-state index in [1.54, 1.807) is 0 Å². The van der Waals surface area contributed by atoms with E-state index >= 15 is 0 Å². The highest BCUT2D eigenvalue weighted by Gasteiger charge is 2.28. The van der Waals surface area contributed by atoms with Crippen LogP contribution in [-0.4, -0.2) is 39.8 Å². The predicted octanol–water partition coefficient (Wildman–Crippen LogP) is 6.51. The van der Waals surface area contributed by atoms with Crippen LogP contribution in [0.3, 0.4) is 0 Å². The Morgan fingerprint density at radius 2 is 1.97 bits per heavy atom. The monoisotopic (exact) mass is 542 g/mol. The van der Waals surface area contributed by atoms with E-state index in [0.29, 0.717) is 35.5 Å². The van der Waals surface area contributed by atoms with Crippen LogP contribution in [-0.2, 0) is 19.5 Å². The van der Waals surface area contributed by atoms with Crippen LogP contribution in [0.5, 0.6) is 5.75 Å². The minimum Gasteiger partial charge on any atom is -0.493 e. The van der Waals surface area contributed by atoms with Crippen molar-refractivity contribution in [2.75, 3.05) is 18.5 Å². The molecule has 5 rings (SSSR count). The molecule has 1 aliphatic carbocycles. The smallest absolute Gasteiger partial charge is 0.256 e. The van der Waals surface area contributed by atoms with E-state index in [1.165, 1.54) is 30.4 Å². The third-order valence-corrected chi connectivity index (χ3v) is 7.47. The Balaban J connectivity index is 0.00000320. The molecule has 37 heavy (non-hydrogen) atoms. The second kappa shape index (κ2) is 11.9. The summed E-state index contributed by atoms with van der Waals surface area (Å²) in [5.74, 6) is 1.64. The van der Waals surface area contributed by atoms with Crippen LogP contribution in [0.1, 0.15) is 65.9 Å². The number of hydrogen-bond acceptors (Lipinski definition) is 4. The van der Waals surface area contributed by atoms with Crippen LogP contribution < -0.4 is 10.1 Å². The largest absolute Gasteiger partial charge is 0.493 e. The van der Waals surface area contributed by atoms with Gasteiger partial charge in [0.1, 0.15) is 5.75 Å². The number of nitrogens with one attached hydrogen (secondary N) is 1. The van der Waals surface area contributed by atoms with Crippen LogP contribution in [0, 0.1) is 12.8 Å². The summed E-state index contributed by atoms with van der Waals surface area (Å²) in [6, 6.07) is 14.4. The molecule has 1 amide bonds. The zero-order chi connectivity index (χ0) is 25.2. The molecule has 0 spiro atoms. The Bertz CT molecular complexity index is 1250. The average Bonchev–Trinajstić information content (AvgIpc) is 3.15. The summed E-state index contributed by atoms with van der Waals surface area (Å²) in [5.41, 5.74) is 5.22. The molecule has 6 nitrogen and oxygen atoms in total. The molecule has 1 aromatic heterocycles. The lowest BCUT2D eigenvalue weighted by Gasteiger charge is -2.40. The summed E-state index contributed by atoms with van der Waals surface area (Å²) in [4.78, 5) is 15.6. The third kappa shape index (κ3) is 6.49. The van der Waals surface area contributed by atoms with Crippen molar-refractivity contribution >= 4 is 35.7 Å². The number of amides is 1. The van der Waals surface area contributed by atoms with E-state index in [2.05, 4.69) is 41.3 Å². The standard InChI is InChI=1S/C29H35ClN4O2.ClH/c1-19(2)18-36-27-10-9-25(30)15-24(27)17-34-20(3)13-28(32-34)31-29(35)22-7-8-23-16-33(26-5-4-6-26)12-11-21(23)14-22;/h7-10,13-15,19,26H,4-6,11-12,16-18H2,1-3H3,(H,31,32,35);1H. The lowest BCUT2D eigenvalue weighted by Crippen LogP contribution is -2.43. The molecule has 2 aliphatic rings. The van der Waals surface area contributed by atoms with Crippen molar-refractivity contribution in [1.29, 1.82) is 0 Å². The zero-order valence-corrected chi connectivity index (χ0v) is 23.4. The molecule has 8 heteroatoms. The van der Waals surface area contributed by atoms with Gasteiger partial charge in [0.2, 0.25) is 0 Å². The molecular weight excluding hydrogens is 507 g/mol. The van der Waals surface area contributed by atoms with Crippen LogP contribution in [0.25, 0.3) is 0 Å². The van der Waals surface area contributed by atoms with Gasteiger partial charge in [-0.2, -0.15) is 5.10 Å². The number of benzene rings is 2. The minimum atomic E-state index is -0.132. The highest BCUT2D eigenvalue weighted by Crippen LogP contribution is 2.30. The molecule has 3 aromatic rings. The first-order chi connectivity index (χ1) is 17.4. The lowest BCUT2D eigenvalue weighted by molar-refractivity contribution is 0.102. The van der Waals surface area contributed by atoms with Gasteiger partial charge < -0.3 is 10.1 Å². The summed E-state index contributed by atoms with van der Waals surface area (Å²) >= 11 is 6.27. The molecule has 2 aromatic carbocycles. The Morgan fingerprint density at radius 3 is 2.70 bits per heavy atom. The summed E-state index contributed by atoms with van der Waals surface area (Å²) in [6.45, 7) is 9.44. The first-order valence-electron chi connectivity index (χ1n) is 13.0. The topological polar surface area (TPSA) is 59.4 Å². The zero-order valence-electron chi connectivity index (χ0n) is 21.8. The van der Waals surface area contributed by atoms with Crippen molar-refractivity contribution in [3.8, 4) is 5.75 Å². The van der Waals surface area contributed by atoms with E-state index in [0.717, 1.165) is 42.6 Å². The van der Waals surface area contributed by atoms with Gasteiger partial charge >= 0.3 is 0 Å². The lowest BCUT2D eigenvalue weighted by atomic mass is 9.88. The maximum Gasteiger partial charge on any atom is 0.256 e. The summed E-state index contributed by atoms with van der Waals surface area (Å²) in [6.07, 6.45) is 5.01. The summed E-state index contributed by atoms with van der Waals surface area (Å²) < 4.78 is 7.86. The summed E-state index contributed by atoms with van der Waals surface area (Å²) in [5, 5.41) is 8.29. The predicted molar refractivity (Wildman–Crippen MR) is 151 cm³/mol. The second-order valence-electron chi connectivity index (χ2n) is 10.5. The molecule has 1 saturated carbocycles. The van der Waals surface area contributed by atoms with E-state index in [1.807, 2.05) is 41.9 Å². The van der Waals surface area contributed by atoms with E-state index < -0.39 is 0 Å². The number of halogens is 2. The first-order valence-corrected chi connectivity index (χ1v) is 13.4. The number of ether oxygens (including phenoxy) is 1. The van der Waals surface area contributed by atoms with Crippen LogP contribution in [0.15, 0.2) is 42.5 Å². The normalized spacial score (nSPS) is 15.6. The number of nitrogens with zero attached hydrogens (tertiary/aromatic N) is 3. The number of carbonyl (C=O) groups excluding carboxylic acids is 1. The van der Waals surface area contributed by atoms with Gasteiger partial charge in [-0.1, -0.05) is 37.9 Å². The number of rotatable bonds is 8. The van der Waals surface area contributed by atoms with Crippen LogP contribution >= 0.6 is 24.0 Å². The highest BCUT2D eigenvalue weighted by molar-refractivity contribution is 6.30. The molecule has 198 valence electrons. The van der Waals surface area contributed by atoms with Crippen molar-refractivity contribution < 1.29 is 9.53 Å².